The number of carbonyl (C=O) groups excluding carboxylic acids is 1. The van der Waals surface area contributed by atoms with Crippen LogP contribution < -0.4 is 10.6 Å². The van der Waals surface area contributed by atoms with Gasteiger partial charge in [0.2, 0.25) is 0 Å². The van der Waals surface area contributed by atoms with E-state index in [4.69, 9.17) is 5.11 Å². The number of benzene rings is 1. The second-order valence-electron chi connectivity index (χ2n) is 4.55. The highest BCUT2D eigenvalue weighted by Gasteiger charge is 2.11. The average Bonchev–Trinajstić information content (AvgIpc) is 2.85. The highest BCUT2D eigenvalue weighted by Crippen LogP contribution is 2.25. The van der Waals surface area contributed by atoms with Crippen LogP contribution in [0.4, 0.5) is 10.5 Å². The Labute approximate surface area is 107 Å². The van der Waals surface area contributed by atoms with Crippen molar-refractivity contribution in [2.24, 2.45) is 5.92 Å². The molecule has 0 saturated heterocycles. The third kappa shape index (κ3) is 3.80. The molecule has 0 bridgehead atoms. The lowest BCUT2D eigenvalue weighted by Crippen LogP contribution is -2.23. The van der Waals surface area contributed by atoms with E-state index in [9.17, 15) is 4.79 Å². The van der Waals surface area contributed by atoms with Crippen LogP contribution in [-0.4, -0.2) is 11.1 Å². The number of allylic oxidation sites excluding steroid dienone is 1. The minimum absolute atomic E-state index is 0.182. The van der Waals surface area contributed by atoms with Gasteiger partial charge in [0.25, 0.3) is 0 Å². The molecule has 1 saturated carbocycles. The SMILES string of the molecule is O=C(N/C=C/C1CCCC1)Nc1ccc(O)cc1. The number of phenols is 1. The molecular weight excluding hydrogens is 228 g/mol. The summed E-state index contributed by atoms with van der Waals surface area (Å²) in [5, 5.41) is 14.5. The van der Waals surface area contributed by atoms with Gasteiger partial charge in [0.05, 0.1) is 0 Å². The van der Waals surface area contributed by atoms with Gasteiger partial charge < -0.3 is 15.7 Å². The van der Waals surface area contributed by atoms with Crippen LogP contribution in [0, 0.1) is 5.92 Å². The second kappa shape index (κ2) is 6.10. The summed E-state index contributed by atoms with van der Waals surface area (Å²) in [7, 11) is 0. The van der Waals surface area contributed by atoms with Gasteiger partial charge in [0, 0.05) is 11.9 Å². The molecule has 18 heavy (non-hydrogen) atoms. The van der Waals surface area contributed by atoms with E-state index in [1.807, 2.05) is 0 Å². The zero-order valence-electron chi connectivity index (χ0n) is 10.2. The quantitative estimate of drug-likeness (QED) is 0.717. The summed E-state index contributed by atoms with van der Waals surface area (Å²) >= 11 is 0. The van der Waals surface area contributed by atoms with Crippen LogP contribution in [0.25, 0.3) is 0 Å². The third-order valence-corrected chi connectivity index (χ3v) is 3.11. The number of anilines is 1. The molecule has 1 aromatic carbocycles. The maximum Gasteiger partial charge on any atom is 0.323 e. The van der Waals surface area contributed by atoms with Crippen molar-refractivity contribution in [2.45, 2.75) is 25.7 Å². The van der Waals surface area contributed by atoms with Gasteiger partial charge in [-0.15, -0.1) is 0 Å². The zero-order chi connectivity index (χ0) is 12.8. The van der Waals surface area contributed by atoms with E-state index in [1.165, 1.54) is 37.8 Å². The Morgan fingerprint density at radius 3 is 2.56 bits per heavy atom. The number of amides is 2. The Balaban J connectivity index is 1.76. The molecule has 2 rings (SSSR count). The molecule has 0 radical (unpaired) electrons. The maximum absolute atomic E-state index is 11.5. The van der Waals surface area contributed by atoms with Gasteiger partial charge in [0.15, 0.2) is 0 Å². The molecular formula is C14H18N2O2. The monoisotopic (exact) mass is 246 g/mol. The van der Waals surface area contributed by atoms with Crippen molar-refractivity contribution in [2.75, 3.05) is 5.32 Å². The standard InChI is InChI=1S/C14H18N2O2/c17-13-7-5-12(6-8-13)16-14(18)15-10-9-11-3-1-2-4-11/h5-11,17H,1-4H2,(H2,15,16,18)/b10-9+. The maximum atomic E-state index is 11.5. The predicted octanol–water partition coefficient (Wildman–Crippen LogP) is 3.22. The first-order valence-electron chi connectivity index (χ1n) is 6.27. The van der Waals surface area contributed by atoms with Gasteiger partial charge in [-0.05, 0) is 43.0 Å². The Kier molecular flexibility index (Phi) is 4.23. The fourth-order valence-corrected chi connectivity index (χ4v) is 2.12. The molecule has 0 atom stereocenters. The molecule has 0 aromatic heterocycles. The number of carbonyl (C=O) groups is 1. The van der Waals surface area contributed by atoms with Crippen molar-refractivity contribution >= 4 is 11.7 Å². The molecule has 1 aliphatic rings. The van der Waals surface area contributed by atoms with Crippen LogP contribution >= 0.6 is 0 Å². The summed E-state index contributed by atoms with van der Waals surface area (Å²) in [5.74, 6) is 0.793. The number of aromatic hydroxyl groups is 1. The van der Waals surface area contributed by atoms with Gasteiger partial charge in [-0.3, -0.25) is 0 Å². The largest absolute Gasteiger partial charge is 0.508 e. The van der Waals surface area contributed by atoms with Crippen molar-refractivity contribution in [3.63, 3.8) is 0 Å². The van der Waals surface area contributed by atoms with Gasteiger partial charge in [0.1, 0.15) is 5.75 Å². The third-order valence-electron chi connectivity index (χ3n) is 3.11. The normalized spacial score (nSPS) is 16.0. The molecule has 0 aliphatic heterocycles. The van der Waals surface area contributed by atoms with Crippen LogP contribution in [0.5, 0.6) is 5.75 Å². The number of hydrogen-bond acceptors (Lipinski definition) is 2. The summed E-state index contributed by atoms with van der Waals surface area (Å²) < 4.78 is 0. The van der Waals surface area contributed by atoms with E-state index in [-0.39, 0.29) is 11.8 Å². The van der Waals surface area contributed by atoms with Crippen LogP contribution in [0.15, 0.2) is 36.5 Å². The van der Waals surface area contributed by atoms with E-state index >= 15 is 0 Å². The molecule has 4 heteroatoms. The first-order chi connectivity index (χ1) is 8.74. The molecule has 4 nitrogen and oxygen atoms in total. The second-order valence-corrected chi connectivity index (χ2v) is 4.55. The van der Waals surface area contributed by atoms with Gasteiger partial charge >= 0.3 is 6.03 Å². The first-order valence-corrected chi connectivity index (χ1v) is 6.27. The van der Waals surface area contributed by atoms with Crippen LogP contribution in [0.1, 0.15) is 25.7 Å². The lowest BCUT2D eigenvalue weighted by Gasteiger charge is -2.05. The van der Waals surface area contributed by atoms with E-state index in [2.05, 4.69) is 16.7 Å². The van der Waals surface area contributed by atoms with Crippen LogP contribution in [-0.2, 0) is 0 Å². The van der Waals surface area contributed by atoms with Crippen molar-refractivity contribution in [1.29, 1.82) is 0 Å². The number of hydrogen-bond donors (Lipinski definition) is 3. The summed E-state index contributed by atoms with van der Waals surface area (Å²) in [5.41, 5.74) is 0.652. The number of phenolic OH excluding ortho intramolecular Hbond substituents is 1. The number of rotatable bonds is 3. The van der Waals surface area contributed by atoms with Crippen molar-refractivity contribution in [1.82, 2.24) is 5.32 Å². The zero-order valence-corrected chi connectivity index (χ0v) is 10.2. The predicted molar refractivity (Wildman–Crippen MR) is 71.4 cm³/mol. The molecule has 96 valence electrons. The summed E-state index contributed by atoms with van der Waals surface area (Å²) in [6.07, 6.45) is 8.79. The highest BCUT2D eigenvalue weighted by atomic mass is 16.3. The number of urea groups is 1. The minimum atomic E-state index is -0.269. The van der Waals surface area contributed by atoms with Crippen molar-refractivity contribution in [3.05, 3.63) is 36.5 Å². The molecule has 0 unspecified atom stereocenters. The van der Waals surface area contributed by atoms with Crippen LogP contribution in [0.2, 0.25) is 0 Å². The molecule has 3 N–H and O–H groups in total. The van der Waals surface area contributed by atoms with Gasteiger partial charge in [-0.1, -0.05) is 18.9 Å². The van der Waals surface area contributed by atoms with E-state index < -0.39 is 0 Å². The molecule has 0 heterocycles. The Morgan fingerprint density at radius 2 is 1.89 bits per heavy atom. The molecule has 1 aliphatic carbocycles. The Bertz CT molecular complexity index is 420. The minimum Gasteiger partial charge on any atom is -0.508 e. The lowest BCUT2D eigenvalue weighted by atomic mass is 10.1. The summed E-state index contributed by atoms with van der Waals surface area (Å²) in [6, 6.07) is 6.09. The van der Waals surface area contributed by atoms with E-state index in [0.29, 0.717) is 11.6 Å². The first kappa shape index (κ1) is 12.5. The Hall–Kier alpha value is -1.97. The smallest absolute Gasteiger partial charge is 0.323 e. The highest BCUT2D eigenvalue weighted by molar-refractivity contribution is 5.89. The molecule has 1 fully saturated rings. The summed E-state index contributed by atoms with van der Waals surface area (Å²) in [4.78, 5) is 11.5. The fraction of sp³-hybridized carbons (Fsp3) is 0.357. The Morgan fingerprint density at radius 1 is 1.22 bits per heavy atom. The number of nitrogens with one attached hydrogen (secondary N) is 2. The lowest BCUT2D eigenvalue weighted by molar-refractivity contribution is 0.255. The fourth-order valence-electron chi connectivity index (χ4n) is 2.12. The molecule has 1 aromatic rings. The molecule has 0 spiro atoms. The molecule has 2 amide bonds. The average molecular weight is 246 g/mol. The van der Waals surface area contributed by atoms with Crippen LogP contribution in [0.3, 0.4) is 0 Å². The van der Waals surface area contributed by atoms with Crippen molar-refractivity contribution < 1.29 is 9.90 Å². The van der Waals surface area contributed by atoms with E-state index in [0.717, 1.165) is 0 Å². The van der Waals surface area contributed by atoms with Gasteiger partial charge in [-0.25, -0.2) is 4.79 Å². The summed E-state index contributed by atoms with van der Waals surface area (Å²) in [6.45, 7) is 0. The van der Waals surface area contributed by atoms with Crippen molar-refractivity contribution in [3.8, 4) is 5.75 Å². The van der Waals surface area contributed by atoms with Gasteiger partial charge in [-0.2, -0.15) is 0 Å². The van der Waals surface area contributed by atoms with E-state index in [1.54, 1.807) is 18.3 Å². The topological polar surface area (TPSA) is 61.4 Å².